The third-order valence-electron chi connectivity index (χ3n) is 5.73. The molecule has 1 N–H and O–H groups in total. The van der Waals surface area contributed by atoms with E-state index in [2.05, 4.69) is 20.4 Å². The van der Waals surface area contributed by atoms with E-state index in [0.29, 0.717) is 41.8 Å². The third-order valence-corrected chi connectivity index (χ3v) is 6.75. The van der Waals surface area contributed by atoms with Gasteiger partial charge in [0.1, 0.15) is 0 Å². The van der Waals surface area contributed by atoms with Crippen LogP contribution in [0.15, 0.2) is 59.8 Å². The van der Waals surface area contributed by atoms with Crippen LogP contribution in [0.4, 0.5) is 13.2 Å². The summed E-state index contributed by atoms with van der Waals surface area (Å²) >= 11 is 1.37. The van der Waals surface area contributed by atoms with Crippen molar-refractivity contribution < 1.29 is 22.7 Å². The number of alkyl halides is 3. The lowest BCUT2D eigenvalue weighted by Gasteiger charge is -2.26. The van der Waals surface area contributed by atoms with E-state index < -0.39 is 11.7 Å². The summed E-state index contributed by atoms with van der Waals surface area (Å²) in [7, 11) is 0. The highest BCUT2D eigenvalue weighted by molar-refractivity contribution is 7.99. The van der Waals surface area contributed by atoms with Crippen LogP contribution in [0.25, 0.3) is 17.1 Å². The van der Waals surface area contributed by atoms with Gasteiger partial charge in [-0.25, -0.2) is 0 Å². The largest absolute Gasteiger partial charge is 0.416 e. The van der Waals surface area contributed by atoms with Crippen LogP contribution in [0, 0.1) is 0 Å². The van der Waals surface area contributed by atoms with Gasteiger partial charge in [-0.05, 0) is 24.6 Å². The van der Waals surface area contributed by atoms with Crippen molar-refractivity contribution in [2.24, 2.45) is 0 Å². The number of nitrogens with zero attached hydrogens (tertiary/aromatic N) is 4. The van der Waals surface area contributed by atoms with E-state index in [9.17, 15) is 18.0 Å². The second-order valence-electron chi connectivity index (χ2n) is 8.31. The molecule has 2 heterocycles. The first-order chi connectivity index (χ1) is 17.4. The molecule has 0 aliphatic carbocycles. The molecule has 3 aromatic rings. The van der Waals surface area contributed by atoms with Crippen molar-refractivity contribution >= 4 is 17.7 Å². The van der Waals surface area contributed by atoms with E-state index in [0.717, 1.165) is 50.5 Å². The minimum absolute atomic E-state index is 0.0202. The molecule has 0 saturated carbocycles. The first kappa shape index (κ1) is 26.2. The zero-order chi connectivity index (χ0) is 25.4. The number of amides is 1. The topological polar surface area (TPSA) is 72.3 Å². The summed E-state index contributed by atoms with van der Waals surface area (Å²) < 4.78 is 47.0. The fraction of sp³-hybridized carbons (Fsp3) is 0.400. The first-order valence-corrected chi connectivity index (χ1v) is 12.8. The number of rotatable bonds is 10. The van der Waals surface area contributed by atoms with Gasteiger partial charge in [0, 0.05) is 43.9 Å². The minimum Gasteiger partial charge on any atom is -0.379 e. The number of carbonyl (C=O) groups excluding carboxylic acids is 1. The predicted octanol–water partition coefficient (Wildman–Crippen LogP) is 4.27. The van der Waals surface area contributed by atoms with Gasteiger partial charge in [-0.1, -0.05) is 48.2 Å². The molecular weight excluding hydrogens is 491 g/mol. The number of aromatic nitrogens is 3. The molecule has 0 atom stereocenters. The highest BCUT2D eigenvalue weighted by Gasteiger charge is 2.31. The Balaban J connectivity index is 1.39. The summed E-state index contributed by atoms with van der Waals surface area (Å²) in [6.07, 6.45) is -3.50. The Morgan fingerprint density at radius 1 is 1.06 bits per heavy atom. The molecule has 2 aromatic carbocycles. The van der Waals surface area contributed by atoms with Gasteiger partial charge >= 0.3 is 6.18 Å². The Bertz CT molecular complexity index is 1130. The van der Waals surface area contributed by atoms with Crippen LogP contribution >= 0.6 is 11.8 Å². The molecule has 0 radical (unpaired) electrons. The zero-order valence-corrected chi connectivity index (χ0v) is 20.5. The van der Waals surface area contributed by atoms with E-state index in [1.165, 1.54) is 17.8 Å². The fourth-order valence-corrected chi connectivity index (χ4v) is 4.75. The van der Waals surface area contributed by atoms with Crippen LogP contribution in [0.1, 0.15) is 18.4 Å². The van der Waals surface area contributed by atoms with Crippen LogP contribution in [0.2, 0.25) is 0 Å². The van der Waals surface area contributed by atoms with Crippen molar-refractivity contribution in [1.29, 1.82) is 0 Å². The number of hydrogen-bond acceptors (Lipinski definition) is 6. The fourth-order valence-electron chi connectivity index (χ4n) is 3.85. The molecule has 1 fully saturated rings. The number of hydrogen-bond donors (Lipinski definition) is 1. The van der Waals surface area contributed by atoms with Gasteiger partial charge in [0.25, 0.3) is 0 Å². The number of nitrogens with one attached hydrogen (secondary N) is 1. The normalized spacial score (nSPS) is 14.6. The summed E-state index contributed by atoms with van der Waals surface area (Å²) in [6.45, 7) is 4.60. The Morgan fingerprint density at radius 3 is 2.58 bits per heavy atom. The van der Waals surface area contributed by atoms with Crippen LogP contribution in [0.5, 0.6) is 0 Å². The summed E-state index contributed by atoms with van der Waals surface area (Å²) in [4.78, 5) is 14.5. The van der Waals surface area contributed by atoms with Gasteiger partial charge in [0.15, 0.2) is 11.0 Å². The lowest BCUT2D eigenvalue weighted by Crippen LogP contribution is -2.41. The molecule has 1 aliphatic rings. The third kappa shape index (κ3) is 7.08. The van der Waals surface area contributed by atoms with Gasteiger partial charge in [0.2, 0.25) is 5.91 Å². The maximum absolute atomic E-state index is 13.4. The van der Waals surface area contributed by atoms with Gasteiger partial charge in [-0.3, -0.25) is 14.3 Å². The maximum Gasteiger partial charge on any atom is 0.416 e. The van der Waals surface area contributed by atoms with Crippen molar-refractivity contribution in [2.45, 2.75) is 24.2 Å². The van der Waals surface area contributed by atoms with Gasteiger partial charge in [-0.2, -0.15) is 13.2 Å². The Kier molecular flexibility index (Phi) is 9.00. The zero-order valence-electron chi connectivity index (χ0n) is 19.7. The summed E-state index contributed by atoms with van der Waals surface area (Å²) in [6, 6.07) is 14.3. The molecule has 1 amide bonds. The van der Waals surface area contributed by atoms with E-state index in [1.54, 1.807) is 10.6 Å². The number of ether oxygens (including phenoxy) is 1. The highest BCUT2D eigenvalue weighted by atomic mass is 32.2. The van der Waals surface area contributed by atoms with E-state index in [-0.39, 0.29) is 5.91 Å². The number of thioether (sulfide) groups is 1. The van der Waals surface area contributed by atoms with Crippen LogP contribution in [0.3, 0.4) is 0 Å². The standard InChI is InChI=1S/C25H28F3N5O2S/c26-25(27,28)20-8-4-9-21(18-20)33-23(19-6-2-1-3-7-19)30-31-24(33)36-17-5-10-22(34)29-11-12-32-13-15-35-16-14-32/h1-4,6-9,18H,5,10-17H2,(H,29,34). The highest BCUT2D eigenvalue weighted by Crippen LogP contribution is 2.33. The molecule has 11 heteroatoms. The maximum atomic E-state index is 13.4. The molecule has 0 bridgehead atoms. The van der Waals surface area contributed by atoms with E-state index >= 15 is 0 Å². The molecule has 192 valence electrons. The lowest BCUT2D eigenvalue weighted by molar-refractivity contribution is -0.137. The van der Waals surface area contributed by atoms with Gasteiger partial charge in [-0.15, -0.1) is 10.2 Å². The van der Waals surface area contributed by atoms with Crippen molar-refractivity contribution in [3.05, 3.63) is 60.2 Å². The van der Waals surface area contributed by atoms with E-state index in [1.807, 2.05) is 30.3 Å². The average Bonchev–Trinajstić information content (AvgIpc) is 3.31. The van der Waals surface area contributed by atoms with Crippen molar-refractivity contribution in [2.75, 3.05) is 45.1 Å². The molecule has 36 heavy (non-hydrogen) atoms. The average molecular weight is 520 g/mol. The number of morpholine rings is 1. The summed E-state index contributed by atoms with van der Waals surface area (Å²) in [5.74, 6) is 1.01. The number of halogens is 3. The van der Waals surface area contributed by atoms with E-state index in [4.69, 9.17) is 4.74 Å². The lowest BCUT2D eigenvalue weighted by atomic mass is 10.1. The van der Waals surface area contributed by atoms with Crippen molar-refractivity contribution in [3.8, 4) is 17.1 Å². The molecule has 4 rings (SSSR count). The van der Waals surface area contributed by atoms with Crippen LogP contribution in [-0.2, 0) is 15.7 Å². The second kappa shape index (κ2) is 12.4. The molecule has 1 aliphatic heterocycles. The summed E-state index contributed by atoms with van der Waals surface area (Å²) in [5, 5.41) is 11.9. The Hall–Kier alpha value is -2.89. The van der Waals surface area contributed by atoms with Gasteiger partial charge in [0.05, 0.1) is 24.5 Å². The Labute approximate surface area is 212 Å². The van der Waals surface area contributed by atoms with Crippen molar-refractivity contribution in [1.82, 2.24) is 25.0 Å². The Morgan fingerprint density at radius 2 is 1.83 bits per heavy atom. The molecule has 0 spiro atoms. The second-order valence-corrected chi connectivity index (χ2v) is 9.37. The molecule has 7 nitrogen and oxygen atoms in total. The monoisotopic (exact) mass is 519 g/mol. The minimum atomic E-state index is -4.46. The SMILES string of the molecule is O=C(CCCSc1nnc(-c2ccccc2)n1-c1cccc(C(F)(F)F)c1)NCCN1CCOCC1. The van der Waals surface area contributed by atoms with Gasteiger partial charge < -0.3 is 10.1 Å². The number of carbonyl (C=O) groups is 1. The molecular formula is C25H28F3N5O2S. The first-order valence-electron chi connectivity index (χ1n) is 11.8. The van der Waals surface area contributed by atoms with Crippen molar-refractivity contribution in [3.63, 3.8) is 0 Å². The predicted molar refractivity (Wildman–Crippen MR) is 132 cm³/mol. The molecule has 0 unspecified atom stereocenters. The quantitative estimate of drug-likeness (QED) is 0.319. The molecule has 1 saturated heterocycles. The molecule has 1 aromatic heterocycles. The number of benzene rings is 2. The smallest absolute Gasteiger partial charge is 0.379 e. The van der Waals surface area contributed by atoms with Crippen LogP contribution in [-0.4, -0.2) is 70.7 Å². The van der Waals surface area contributed by atoms with Crippen LogP contribution < -0.4 is 5.32 Å². The summed E-state index contributed by atoms with van der Waals surface area (Å²) in [5.41, 5.74) is 0.336.